The Bertz CT molecular complexity index is 574. The molecule has 0 fully saturated rings. The van der Waals surface area contributed by atoms with Crippen LogP contribution in [0.15, 0.2) is 30.7 Å². The van der Waals surface area contributed by atoms with E-state index in [2.05, 4.69) is 9.97 Å². The number of hydrogen-bond acceptors (Lipinski definition) is 6. The van der Waals surface area contributed by atoms with Crippen molar-refractivity contribution in [3.63, 3.8) is 0 Å². The maximum absolute atomic E-state index is 10.1. The summed E-state index contributed by atoms with van der Waals surface area (Å²) in [6.07, 6.45) is 3.96. The van der Waals surface area contributed by atoms with Crippen molar-refractivity contribution < 1.29 is 15.1 Å². The molecular weight excluding hydrogens is 297 g/mol. The Labute approximate surface area is 117 Å². The summed E-state index contributed by atoms with van der Waals surface area (Å²) in [5.74, 6) is -1.20. The lowest BCUT2D eigenvalue weighted by molar-refractivity contribution is -0.390. The molecule has 0 spiro atoms. The third kappa shape index (κ3) is 4.23. The Balaban J connectivity index is 0.000000200. The predicted molar refractivity (Wildman–Crippen MR) is 68.5 cm³/mol. The zero-order chi connectivity index (χ0) is 14.4. The summed E-state index contributed by atoms with van der Waals surface area (Å²) in [6, 6.07) is 2.79. The molecule has 2 aromatic heterocycles. The molecule has 0 radical (unpaired) electrons. The highest BCUT2D eigenvalue weighted by molar-refractivity contribution is 6.32. The molecule has 0 aliphatic carbocycles. The molecule has 100 valence electrons. The van der Waals surface area contributed by atoms with Gasteiger partial charge in [0.25, 0.3) is 0 Å². The number of aromatic hydroxyl groups is 2. The predicted octanol–water partition coefficient (Wildman–Crippen LogP) is 2.79. The van der Waals surface area contributed by atoms with Crippen LogP contribution < -0.4 is 0 Å². The second-order valence-corrected chi connectivity index (χ2v) is 3.86. The van der Waals surface area contributed by atoms with Gasteiger partial charge in [0.2, 0.25) is 5.75 Å². The van der Waals surface area contributed by atoms with Crippen LogP contribution >= 0.6 is 23.2 Å². The molecule has 9 heteroatoms. The van der Waals surface area contributed by atoms with E-state index in [9.17, 15) is 10.1 Å². The van der Waals surface area contributed by atoms with E-state index < -0.39 is 16.5 Å². The summed E-state index contributed by atoms with van der Waals surface area (Å²) >= 11 is 10.8. The van der Waals surface area contributed by atoms with E-state index in [1.807, 2.05) is 0 Å². The SMILES string of the molecule is O=[N+]([O-])c1nccc(Cl)c1O.Oc1cnccc1Cl. The summed E-state index contributed by atoms with van der Waals surface area (Å²) in [7, 11) is 0. The number of halogens is 2. The Hall–Kier alpha value is -2.12. The van der Waals surface area contributed by atoms with Crippen LogP contribution in [0.5, 0.6) is 11.5 Å². The number of aromatic nitrogens is 2. The zero-order valence-corrected chi connectivity index (χ0v) is 10.7. The first-order valence-electron chi connectivity index (χ1n) is 4.69. The maximum Gasteiger partial charge on any atom is 0.407 e. The summed E-state index contributed by atoms with van der Waals surface area (Å²) in [5.41, 5.74) is 0. The summed E-state index contributed by atoms with van der Waals surface area (Å²) in [5, 5.41) is 28.0. The van der Waals surface area contributed by atoms with Crippen LogP contribution in [0.4, 0.5) is 5.82 Å². The molecule has 0 aromatic carbocycles. The van der Waals surface area contributed by atoms with Crippen LogP contribution in [0.2, 0.25) is 10.0 Å². The second-order valence-electron chi connectivity index (χ2n) is 3.05. The van der Waals surface area contributed by atoms with Crippen molar-refractivity contribution >= 4 is 29.0 Å². The van der Waals surface area contributed by atoms with Crippen molar-refractivity contribution in [1.82, 2.24) is 9.97 Å². The summed E-state index contributed by atoms with van der Waals surface area (Å²) < 4.78 is 0. The molecule has 0 aliphatic heterocycles. The van der Waals surface area contributed by atoms with E-state index in [0.29, 0.717) is 5.02 Å². The van der Waals surface area contributed by atoms with E-state index in [1.165, 1.54) is 24.5 Å². The monoisotopic (exact) mass is 303 g/mol. The molecule has 2 aromatic rings. The molecule has 0 saturated carbocycles. The number of rotatable bonds is 1. The van der Waals surface area contributed by atoms with Gasteiger partial charge in [-0.15, -0.1) is 0 Å². The van der Waals surface area contributed by atoms with Crippen molar-refractivity contribution in [3.8, 4) is 11.5 Å². The fourth-order valence-corrected chi connectivity index (χ4v) is 1.17. The van der Waals surface area contributed by atoms with Crippen LogP contribution in [0.25, 0.3) is 0 Å². The summed E-state index contributed by atoms with van der Waals surface area (Å²) in [4.78, 5) is 16.2. The van der Waals surface area contributed by atoms with Gasteiger partial charge >= 0.3 is 5.82 Å². The highest BCUT2D eigenvalue weighted by atomic mass is 35.5. The number of pyridine rings is 2. The van der Waals surface area contributed by atoms with Gasteiger partial charge in [-0.1, -0.05) is 23.2 Å². The van der Waals surface area contributed by atoms with Gasteiger partial charge in [-0.2, -0.15) is 0 Å². The molecule has 0 amide bonds. The van der Waals surface area contributed by atoms with Crippen molar-refractivity contribution in [3.05, 3.63) is 50.9 Å². The fraction of sp³-hybridized carbons (Fsp3) is 0. The minimum absolute atomic E-state index is 0.0224. The third-order valence-corrected chi connectivity index (χ3v) is 2.40. The van der Waals surface area contributed by atoms with E-state index in [-0.39, 0.29) is 10.8 Å². The van der Waals surface area contributed by atoms with E-state index >= 15 is 0 Å². The molecular formula is C10H7Cl2N3O4. The molecule has 0 atom stereocenters. The molecule has 0 bridgehead atoms. The lowest BCUT2D eigenvalue weighted by Gasteiger charge is -1.95. The Kier molecular flexibility index (Phi) is 5.28. The van der Waals surface area contributed by atoms with Crippen LogP contribution in [-0.2, 0) is 0 Å². The van der Waals surface area contributed by atoms with E-state index in [0.717, 1.165) is 6.20 Å². The molecule has 0 saturated heterocycles. The first-order valence-corrected chi connectivity index (χ1v) is 5.45. The van der Waals surface area contributed by atoms with Gasteiger partial charge in [0.1, 0.15) is 6.20 Å². The highest BCUT2D eigenvalue weighted by Gasteiger charge is 2.16. The molecule has 2 rings (SSSR count). The Morgan fingerprint density at radius 1 is 1.16 bits per heavy atom. The van der Waals surface area contributed by atoms with Crippen LogP contribution in [0, 0.1) is 10.1 Å². The Morgan fingerprint density at radius 3 is 2.21 bits per heavy atom. The molecule has 7 nitrogen and oxygen atoms in total. The molecule has 19 heavy (non-hydrogen) atoms. The van der Waals surface area contributed by atoms with E-state index in [1.54, 1.807) is 0 Å². The van der Waals surface area contributed by atoms with Gasteiger partial charge in [0.05, 0.1) is 16.2 Å². The lowest BCUT2D eigenvalue weighted by atomic mass is 10.4. The van der Waals surface area contributed by atoms with Gasteiger partial charge in [0, 0.05) is 12.3 Å². The van der Waals surface area contributed by atoms with Gasteiger partial charge in [-0.3, -0.25) is 4.98 Å². The first-order chi connectivity index (χ1) is 8.93. The van der Waals surface area contributed by atoms with Gasteiger partial charge in [-0.05, 0) is 16.0 Å². The quantitative estimate of drug-likeness (QED) is 0.619. The summed E-state index contributed by atoms with van der Waals surface area (Å²) in [6.45, 7) is 0. The maximum atomic E-state index is 10.1. The average Bonchev–Trinajstić information content (AvgIpc) is 2.37. The standard InChI is InChI=1S/C5H3ClN2O3.C5H4ClNO/c6-3-1-2-7-5(4(3)9)8(10)11;6-4-1-2-7-3-5(4)8/h1-2,9H;1-3,8H. The van der Waals surface area contributed by atoms with Crippen LogP contribution in [0.3, 0.4) is 0 Å². The number of hydrogen-bond donors (Lipinski definition) is 2. The van der Waals surface area contributed by atoms with Crippen molar-refractivity contribution in [1.29, 1.82) is 0 Å². The molecule has 0 unspecified atom stereocenters. The minimum atomic E-state index is -0.804. The Morgan fingerprint density at radius 2 is 1.79 bits per heavy atom. The zero-order valence-electron chi connectivity index (χ0n) is 9.20. The first kappa shape index (κ1) is 14.9. The van der Waals surface area contributed by atoms with Crippen molar-refractivity contribution in [2.24, 2.45) is 0 Å². The molecule has 2 N–H and O–H groups in total. The highest BCUT2D eigenvalue weighted by Crippen LogP contribution is 2.30. The topological polar surface area (TPSA) is 109 Å². The molecule has 0 aliphatic rings. The minimum Gasteiger partial charge on any atom is -0.505 e. The normalized spacial score (nSPS) is 9.37. The second kappa shape index (κ2) is 6.72. The van der Waals surface area contributed by atoms with Gasteiger partial charge in [-0.25, -0.2) is 0 Å². The van der Waals surface area contributed by atoms with Crippen molar-refractivity contribution in [2.75, 3.05) is 0 Å². The van der Waals surface area contributed by atoms with Gasteiger partial charge in [0.15, 0.2) is 5.75 Å². The van der Waals surface area contributed by atoms with Gasteiger partial charge < -0.3 is 20.3 Å². The fourth-order valence-electron chi connectivity index (χ4n) is 0.923. The molecule has 2 heterocycles. The smallest absolute Gasteiger partial charge is 0.407 e. The number of nitrogens with zero attached hydrogens (tertiary/aromatic N) is 3. The lowest BCUT2D eigenvalue weighted by Crippen LogP contribution is -1.91. The van der Waals surface area contributed by atoms with E-state index in [4.69, 9.17) is 33.4 Å². The largest absolute Gasteiger partial charge is 0.505 e. The number of nitro groups is 1. The van der Waals surface area contributed by atoms with Crippen LogP contribution in [0.1, 0.15) is 0 Å². The average molecular weight is 304 g/mol. The van der Waals surface area contributed by atoms with Crippen LogP contribution in [-0.4, -0.2) is 25.1 Å². The van der Waals surface area contributed by atoms with Crippen molar-refractivity contribution in [2.45, 2.75) is 0 Å². The third-order valence-electron chi connectivity index (χ3n) is 1.78.